The highest BCUT2D eigenvalue weighted by molar-refractivity contribution is 7.87. The van der Waals surface area contributed by atoms with Gasteiger partial charge in [0.25, 0.3) is 10.2 Å². The van der Waals surface area contributed by atoms with Crippen LogP contribution in [0.4, 0.5) is 0 Å². The molecule has 0 aromatic carbocycles. The third-order valence-corrected chi connectivity index (χ3v) is 4.12. The van der Waals surface area contributed by atoms with Gasteiger partial charge in [0.1, 0.15) is 0 Å². The van der Waals surface area contributed by atoms with Crippen LogP contribution in [0.15, 0.2) is 0 Å². The van der Waals surface area contributed by atoms with Gasteiger partial charge >= 0.3 is 0 Å². The standard InChI is InChI=1S/C11H25N3O3S/c1-6-8-14(9-7-2)18(16,17)12-10(3)11(15)13(4)5/h10,12H,6-9H2,1-5H3. The van der Waals surface area contributed by atoms with E-state index in [9.17, 15) is 13.2 Å². The summed E-state index contributed by atoms with van der Waals surface area (Å²) in [6, 6.07) is -0.749. The highest BCUT2D eigenvalue weighted by atomic mass is 32.2. The Kier molecular flexibility index (Phi) is 7.42. The lowest BCUT2D eigenvalue weighted by molar-refractivity contribution is -0.130. The first-order chi connectivity index (χ1) is 8.26. The second-order valence-corrected chi connectivity index (χ2v) is 6.18. The Morgan fingerprint density at radius 1 is 1.17 bits per heavy atom. The highest BCUT2D eigenvalue weighted by Gasteiger charge is 2.26. The molecule has 1 atom stereocenters. The summed E-state index contributed by atoms with van der Waals surface area (Å²) in [5.41, 5.74) is 0. The van der Waals surface area contributed by atoms with Gasteiger partial charge in [-0.15, -0.1) is 0 Å². The van der Waals surface area contributed by atoms with Crippen molar-refractivity contribution in [2.45, 2.75) is 39.7 Å². The molecule has 7 heteroatoms. The van der Waals surface area contributed by atoms with Crippen molar-refractivity contribution in [3.63, 3.8) is 0 Å². The Morgan fingerprint density at radius 2 is 1.61 bits per heavy atom. The first-order valence-electron chi connectivity index (χ1n) is 6.24. The van der Waals surface area contributed by atoms with Gasteiger partial charge in [0.15, 0.2) is 0 Å². The van der Waals surface area contributed by atoms with Crippen LogP contribution in [0.3, 0.4) is 0 Å². The van der Waals surface area contributed by atoms with E-state index in [1.165, 1.54) is 9.21 Å². The molecular formula is C11H25N3O3S. The first kappa shape index (κ1) is 17.3. The third-order valence-electron chi connectivity index (χ3n) is 2.42. The molecule has 0 saturated heterocycles. The normalized spacial score (nSPS) is 13.7. The summed E-state index contributed by atoms with van der Waals surface area (Å²) < 4.78 is 28.0. The minimum absolute atomic E-state index is 0.258. The van der Waals surface area contributed by atoms with Crippen LogP contribution >= 0.6 is 0 Å². The molecule has 0 radical (unpaired) electrons. The van der Waals surface area contributed by atoms with E-state index < -0.39 is 16.3 Å². The lowest BCUT2D eigenvalue weighted by Gasteiger charge is -2.24. The first-order valence-corrected chi connectivity index (χ1v) is 7.68. The quantitative estimate of drug-likeness (QED) is 0.700. The molecule has 6 nitrogen and oxygen atoms in total. The van der Waals surface area contributed by atoms with E-state index in [0.29, 0.717) is 13.1 Å². The monoisotopic (exact) mass is 279 g/mol. The molecule has 0 aliphatic rings. The van der Waals surface area contributed by atoms with Crippen LogP contribution in [0.25, 0.3) is 0 Å². The Labute approximate surface area is 111 Å². The number of rotatable bonds is 8. The number of likely N-dealkylation sites (N-methyl/N-ethyl adjacent to an activating group) is 1. The molecule has 0 bridgehead atoms. The Balaban J connectivity index is 4.75. The van der Waals surface area contributed by atoms with Crippen molar-refractivity contribution in [2.75, 3.05) is 27.2 Å². The van der Waals surface area contributed by atoms with Crippen LogP contribution in [-0.4, -0.2) is 56.8 Å². The van der Waals surface area contributed by atoms with Crippen molar-refractivity contribution in [1.29, 1.82) is 0 Å². The van der Waals surface area contributed by atoms with Crippen molar-refractivity contribution >= 4 is 16.1 Å². The van der Waals surface area contributed by atoms with Crippen LogP contribution in [0, 0.1) is 0 Å². The number of amides is 1. The predicted octanol–water partition coefficient (Wildman–Crippen LogP) is 0.420. The maximum absolute atomic E-state index is 12.1. The largest absolute Gasteiger partial charge is 0.347 e. The van der Waals surface area contributed by atoms with Gasteiger partial charge in [0, 0.05) is 27.2 Å². The average molecular weight is 279 g/mol. The fourth-order valence-electron chi connectivity index (χ4n) is 1.59. The van der Waals surface area contributed by atoms with Crippen LogP contribution in [0.5, 0.6) is 0 Å². The van der Waals surface area contributed by atoms with Crippen molar-refractivity contribution in [2.24, 2.45) is 0 Å². The van der Waals surface area contributed by atoms with E-state index in [1.807, 2.05) is 13.8 Å². The lowest BCUT2D eigenvalue weighted by Crippen LogP contribution is -2.50. The average Bonchev–Trinajstić information content (AvgIpc) is 2.26. The van der Waals surface area contributed by atoms with Crippen molar-refractivity contribution < 1.29 is 13.2 Å². The second kappa shape index (κ2) is 7.70. The number of hydrogen-bond acceptors (Lipinski definition) is 3. The zero-order valence-corrected chi connectivity index (χ0v) is 12.7. The Hall–Kier alpha value is -0.660. The molecule has 0 heterocycles. The molecule has 0 aliphatic heterocycles. The molecule has 0 aromatic rings. The van der Waals surface area contributed by atoms with Gasteiger partial charge in [0.05, 0.1) is 6.04 Å². The summed E-state index contributed by atoms with van der Waals surface area (Å²) in [4.78, 5) is 13.0. The van der Waals surface area contributed by atoms with Gasteiger partial charge in [-0.05, 0) is 19.8 Å². The summed E-state index contributed by atoms with van der Waals surface area (Å²) in [5.74, 6) is -0.258. The molecule has 1 N–H and O–H groups in total. The maximum Gasteiger partial charge on any atom is 0.280 e. The molecular weight excluding hydrogens is 254 g/mol. The van der Waals surface area contributed by atoms with Gasteiger partial charge in [-0.3, -0.25) is 4.79 Å². The number of hydrogen-bond donors (Lipinski definition) is 1. The van der Waals surface area contributed by atoms with Crippen LogP contribution in [0.1, 0.15) is 33.6 Å². The number of carbonyl (C=O) groups is 1. The summed E-state index contributed by atoms with van der Waals surface area (Å²) in [6.07, 6.45) is 1.49. The van der Waals surface area contributed by atoms with Gasteiger partial charge in [-0.1, -0.05) is 13.8 Å². The molecule has 0 aromatic heterocycles. The van der Waals surface area contributed by atoms with E-state index in [1.54, 1.807) is 21.0 Å². The molecule has 1 amide bonds. The third kappa shape index (κ3) is 5.32. The fraction of sp³-hybridized carbons (Fsp3) is 0.909. The number of nitrogens with zero attached hydrogens (tertiary/aromatic N) is 2. The fourth-order valence-corrected chi connectivity index (χ4v) is 3.13. The zero-order valence-electron chi connectivity index (χ0n) is 11.9. The van der Waals surface area contributed by atoms with E-state index in [2.05, 4.69) is 4.72 Å². The molecule has 1 unspecified atom stereocenters. The van der Waals surface area contributed by atoms with Crippen molar-refractivity contribution in [1.82, 2.24) is 13.9 Å². The smallest absolute Gasteiger partial charge is 0.280 e. The number of nitrogens with one attached hydrogen (secondary N) is 1. The molecule has 0 saturated carbocycles. The van der Waals surface area contributed by atoms with Crippen LogP contribution in [-0.2, 0) is 15.0 Å². The van der Waals surface area contributed by atoms with Gasteiger partial charge in [0.2, 0.25) is 5.91 Å². The zero-order chi connectivity index (χ0) is 14.3. The van der Waals surface area contributed by atoms with E-state index in [0.717, 1.165) is 12.8 Å². The summed E-state index contributed by atoms with van der Waals surface area (Å²) in [6.45, 7) is 6.33. The Morgan fingerprint density at radius 3 is 1.94 bits per heavy atom. The predicted molar refractivity (Wildman–Crippen MR) is 72.4 cm³/mol. The maximum atomic E-state index is 12.1. The molecule has 0 fully saturated rings. The van der Waals surface area contributed by atoms with Gasteiger partial charge in [-0.2, -0.15) is 17.4 Å². The summed E-state index contributed by atoms with van der Waals surface area (Å²) in [7, 11) is -0.388. The van der Waals surface area contributed by atoms with E-state index in [-0.39, 0.29) is 5.91 Å². The van der Waals surface area contributed by atoms with E-state index in [4.69, 9.17) is 0 Å². The molecule has 18 heavy (non-hydrogen) atoms. The van der Waals surface area contributed by atoms with Crippen LogP contribution in [0.2, 0.25) is 0 Å². The number of carbonyl (C=O) groups excluding carboxylic acids is 1. The molecule has 0 spiro atoms. The molecule has 0 rings (SSSR count). The van der Waals surface area contributed by atoms with Crippen LogP contribution < -0.4 is 4.72 Å². The second-order valence-electron chi connectivity index (χ2n) is 4.48. The minimum Gasteiger partial charge on any atom is -0.347 e. The molecule has 0 aliphatic carbocycles. The summed E-state index contributed by atoms with van der Waals surface area (Å²) in [5, 5.41) is 0. The topological polar surface area (TPSA) is 69.7 Å². The Bertz CT molecular complexity index is 349. The minimum atomic E-state index is -3.59. The highest BCUT2D eigenvalue weighted by Crippen LogP contribution is 2.03. The van der Waals surface area contributed by atoms with Crippen molar-refractivity contribution in [3.05, 3.63) is 0 Å². The van der Waals surface area contributed by atoms with E-state index >= 15 is 0 Å². The SMILES string of the molecule is CCCN(CCC)S(=O)(=O)NC(C)C(=O)N(C)C. The van der Waals surface area contributed by atoms with Crippen molar-refractivity contribution in [3.8, 4) is 0 Å². The summed E-state index contributed by atoms with van der Waals surface area (Å²) >= 11 is 0. The molecule has 108 valence electrons. The lowest BCUT2D eigenvalue weighted by atomic mass is 10.3. The van der Waals surface area contributed by atoms with Gasteiger partial charge in [-0.25, -0.2) is 0 Å². The van der Waals surface area contributed by atoms with Gasteiger partial charge < -0.3 is 4.90 Å².